The Bertz CT molecular complexity index is 782. The first-order valence-electron chi connectivity index (χ1n) is 6.29. The molecule has 1 heterocycles. The first-order chi connectivity index (χ1) is 10.1. The first-order valence-corrected chi connectivity index (χ1v) is 6.67. The number of benzene rings is 2. The summed E-state index contributed by atoms with van der Waals surface area (Å²) in [6.07, 6.45) is 0. The molecule has 1 atom stereocenters. The largest absolute Gasteiger partial charge is 0.496 e. The lowest BCUT2D eigenvalue weighted by molar-refractivity contribution is -0.117. The predicted octanol–water partition coefficient (Wildman–Crippen LogP) is 3.00. The summed E-state index contributed by atoms with van der Waals surface area (Å²) in [5.74, 6) is 0.177. The Morgan fingerprint density at radius 1 is 1.24 bits per heavy atom. The van der Waals surface area contributed by atoms with E-state index in [-0.39, 0.29) is 5.91 Å². The lowest BCUT2D eigenvalue weighted by Crippen LogP contribution is -2.30. The van der Waals surface area contributed by atoms with E-state index in [2.05, 4.69) is 11.4 Å². The zero-order chi connectivity index (χ0) is 15.0. The SMILES string of the molecule is COc1ccccc1[C@]1(Cl)C(=O)Nc2ccc(C#N)cc21. The summed E-state index contributed by atoms with van der Waals surface area (Å²) in [6.45, 7) is 0. The van der Waals surface area contributed by atoms with Gasteiger partial charge in [-0.15, -0.1) is 0 Å². The van der Waals surface area contributed by atoms with Crippen LogP contribution in [0.5, 0.6) is 5.75 Å². The number of rotatable bonds is 2. The number of alkyl halides is 1. The van der Waals surface area contributed by atoms with Gasteiger partial charge >= 0.3 is 0 Å². The maximum Gasteiger partial charge on any atom is 0.254 e. The fraction of sp³-hybridized carbons (Fsp3) is 0.125. The van der Waals surface area contributed by atoms with Crippen molar-refractivity contribution in [3.63, 3.8) is 0 Å². The molecule has 0 saturated carbocycles. The molecule has 0 aliphatic carbocycles. The minimum Gasteiger partial charge on any atom is -0.496 e. The van der Waals surface area contributed by atoms with Crippen molar-refractivity contribution >= 4 is 23.2 Å². The molecule has 0 aromatic heterocycles. The van der Waals surface area contributed by atoms with Crippen LogP contribution in [0.1, 0.15) is 16.7 Å². The zero-order valence-corrected chi connectivity index (χ0v) is 11.9. The van der Waals surface area contributed by atoms with Gasteiger partial charge in [0.05, 0.1) is 18.7 Å². The van der Waals surface area contributed by atoms with Gasteiger partial charge in [-0.3, -0.25) is 4.79 Å². The molecule has 0 radical (unpaired) electrons. The Hall–Kier alpha value is -2.51. The van der Waals surface area contributed by atoms with Crippen LogP contribution in [-0.4, -0.2) is 13.0 Å². The molecule has 2 aromatic rings. The molecule has 1 amide bonds. The molecule has 1 aliphatic rings. The van der Waals surface area contributed by atoms with Gasteiger partial charge in [0.15, 0.2) is 4.87 Å². The molecule has 0 bridgehead atoms. The fourth-order valence-electron chi connectivity index (χ4n) is 2.54. The van der Waals surface area contributed by atoms with Crippen molar-refractivity contribution in [1.82, 2.24) is 0 Å². The minimum absolute atomic E-state index is 0.348. The van der Waals surface area contributed by atoms with Crippen molar-refractivity contribution in [3.8, 4) is 11.8 Å². The highest BCUT2D eigenvalue weighted by molar-refractivity contribution is 6.41. The van der Waals surface area contributed by atoms with Crippen molar-refractivity contribution in [2.75, 3.05) is 12.4 Å². The van der Waals surface area contributed by atoms with Gasteiger partial charge in [-0.2, -0.15) is 5.26 Å². The third kappa shape index (κ3) is 1.86. The van der Waals surface area contributed by atoms with Gasteiger partial charge in [0.1, 0.15) is 5.75 Å². The van der Waals surface area contributed by atoms with Crippen LogP contribution in [0.15, 0.2) is 42.5 Å². The molecule has 0 fully saturated rings. The van der Waals surface area contributed by atoms with Crippen LogP contribution in [-0.2, 0) is 9.67 Å². The van der Waals surface area contributed by atoms with Crippen molar-refractivity contribution in [2.45, 2.75) is 4.87 Å². The Morgan fingerprint density at radius 2 is 2.00 bits per heavy atom. The standard InChI is InChI=1S/C16H11ClN2O2/c1-21-14-5-3-2-4-11(14)16(17)12-8-10(9-18)6-7-13(12)19-15(16)20/h2-8H,1H3,(H,19,20)/t16-/m1/s1. The Labute approximate surface area is 126 Å². The Balaban J connectivity index is 2.27. The maximum absolute atomic E-state index is 12.4. The van der Waals surface area contributed by atoms with Gasteiger partial charge in [-0.05, 0) is 24.3 Å². The third-order valence-electron chi connectivity index (χ3n) is 3.56. The lowest BCUT2D eigenvalue weighted by Gasteiger charge is -2.22. The molecule has 0 saturated heterocycles. The van der Waals surface area contributed by atoms with Gasteiger partial charge in [0.25, 0.3) is 5.91 Å². The van der Waals surface area contributed by atoms with Gasteiger partial charge < -0.3 is 10.1 Å². The summed E-state index contributed by atoms with van der Waals surface area (Å²) in [6, 6.07) is 14.1. The number of nitrogens with one attached hydrogen (secondary N) is 1. The predicted molar refractivity (Wildman–Crippen MR) is 79.4 cm³/mol. The number of carbonyl (C=O) groups excluding carboxylic acids is 1. The maximum atomic E-state index is 12.4. The summed E-state index contributed by atoms with van der Waals surface area (Å²) < 4.78 is 5.31. The molecular weight excluding hydrogens is 288 g/mol. The average molecular weight is 299 g/mol. The number of para-hydroxylation sites is 1. The second-order valence-corrected chi connectivity index (χ2v) is 5.25. The van der Waals surface area contributed by atoms with Crippen LogP contribution in [0.4, 0.5) is 5.69 Å². The lowest BCUT2D eigenvalue weighted by atomic mass is 9.90. The number of fused-ring (bicyclic) bond motifs is 1. The van der Waals surface area contributed by atoms with Gasteiger partial charge in [-0.1, -0.05) is 29.8 Å². The number of methoxy groups -OCH3 is 1. The zero-order valence-electron chi connectivity index (χ0n) is 11.2. The number of nitrogens with zero attached hydrogens (tertiary/aromatic N) is 1. The van der Waals surface area contributed by atoms with E-state index in [9.17, 15) is 4.79 Å². The Morgan fingerprint density at radius 3 is 2.71 bits per heavy atom. The topological polar surface area (TPSA) is 62.1 Å². The molecule has 3 rings (SSSR count). The summed E-state index contributed by atoms with van der Waals surface area (Å²) in [7, 11) is 1.53. The number of halogens is 1. The van der Waals surface area contributed by atoms with E-state index < -0.39 is 4.87 Å². The number of hydrogen-bond acceptors (Lipinski definition) is 3. The summed E-state index contributed by atoms with van der Waals surface area (Å²) in [5, 5.41) is 11.8. The molecule has 104 valence electrons. The second kappa shape index (κ2) is 4.80. The van der Waals surface area contributed by atoms with Crippen LogP contribution >= 0.6 is 11.6 Å². The summed E-state index contributed by atoms with van der Waals surface area (Å²) >= 11 is 6.69. The molecule has 0 unspecified atom stereocenters. The van der Waals surface area contributed by atoms with E-state index >= 15 is 0 Å². The number of ether oxygens (including phenoxy) is 1. The summed E-state index contributed by atoms with van der Waals surface area (Å²) in [4.78, 5) is 11.0. The van der Waals surface area contributed by atoms with Gasteiger partial charge in [-0.25, -0.2) is 0 Å². The van der Waals surface area contributed by atoms with E-state index in [0.29, 0.717) is 28.1 Å². The monoisotopic (exact) mass is 298 g/mol. The Kier molecular flexibility index (Phi) is 3.08. The van der Waals surface area contributed by atoms with Crippen molar-refractivity contribution < 1.29 is 9.53 Å². The van der Waals surface area contributed by atoms with Gasteiger partial charge in [0.2, 0.25) is 0 Å². The normalized spacial score (nSPS) is 19.6. The molecule has 5 heteroatoms. The molecule has 1 aliphatic heterocycles. The quantitative estimate of drug-likeness (QED) is 0.867. The number of amides is 1. The molecule has 2 aromatic carbocycles. The van der Waals surface area contributed by atoms with E-state index in [1.54, 1.807) is 36.4 Å². The minimum atomic E-state index is -1.39. The summed E-state index contributed by atoms with van der Waals surface area (Å²) in [5.41, 5.74) is 2.18. The van der Waals surface area contributed by atoms with E-state index in [1.807, 2.05) is 6.07 Å². The molecule has 21 heavy (non-hydrogen) atoms. The highest BCUT2D eigenvalue weighted by atomic mass is 35.5. The molecule has 4 nitrogen and oxygen atoms in total. The molecule has 1 N–H and O–H groups in total. The number of hydrogen-bond donors (Lipinski definition) is 1. The first kappa shape index (κ1) is 13.5. The molecular formula is C16H11ClN2O2. The van der Waals surface area contributed by atoms with Gasteiger partial charge in [0, 0.05) is 16.8 Å². The van der Waals surface area contributed by atoms with Crippen molar-refractivity contribution in [2.24, 2.45) is 0 Å². The number of anilines is 1. The van der Waals surface area contributed by atoms with Crippen molar-refractivity contribution in [3.05, 3.63) is 59.2 Å². The van der Waals surface area contributed by atoms with Crippen LogP contribution in [0.25, 0.3) is 0 Å². The van der Waals surface area contributed by atoms with Crippen molar-refractivity contribution in [1.29, 1.82) is 5.26 Å². The molecule has 0 spiro atoms. The van der Waals surface area contributed by atoms with Crippen LogP contribution in [0, 0.1) is 11.3 Å². The highest BCUT2D eigenvalue weighted by Crippen LogP contribution is 2.48. The number of carbonyl (C=O) groups is 1. The van der Waals surface area contributed by atoms with Crippen LogP contribution in [0.2, 0.25) is 0 Å². The second-order valence-electron chi connectivity index (χ2n) is 4.69. The van der Waals surface area contributed by atoms with E-state index in [1.165, 1.54) is 7.11 Å². The number of nitriles is 1. The third-order valence-corrected chi connectivity index (χ3v) is 4.14. The van der Waals surface area contributed by atoms with Crippen LogP contribution < -0.4 is 10.1 Å². The average Bonchev–Trinajstić information content (AvgIpc) is 2.79. The fourth-order valence-corrected chi connectivity index (χ4v) is 2.89. The van der Waals surface area contributed by atoms with E-state index in [0.717, 1.165) is 0 Å². The van der Waals surface area contributed by atoms with Crippen LogP contribution in [0.3, 0.4) is 0 Å². The van der Waals surface area contributed by atoms with E-state index in [4.69, 9.17) is 21.6 Å². The smallest absolute Gasteiger partial charge is 0.254 e. The highest BCUT2D eigenvalue weighted by Gasteiger charge is 2.48.